The Bertz CT molecular complexity index is 616. The fraction of sp³-hybridized carbons (Fsp3) is 0.188. The Kier molecular flexibility index (Phi) is 3.61. The molecule has 1 saturated carbocycles. The minimum absolute atomic E-state index is 0.177. The van der Waals surface area contributed by atoms with Gasteiger partial charge in [-0.25, -0.2) is 4.79 Å². The molecule has 0 aliphatic heterocycles. The Morgan fingerprint density at radius 3 is 2.70 bits per heavy atom. The first-order chi connectivity index (χ1) is 9.74. The van der Waals surface area contributed by atoms with E-state index in [-0.39, 0.29) is 17.5 Å². The standard InChI is InChI=1S/C16H13ClO3/c17-14-10-12(9-13-7-4-8-19-13)15(14)20-16(18)11-5-2-1-3-6-11/h1-9,14-15H,10H2/b12-9+/t14-,15-/m0/s1. The number of rotatable bonds is 3. The van der Waals surface area contributed by atoms with E-state index in [9.17, 15) is 4.79 Å². The highest BCUT2D eigenvalue weighted by Crippen LogP contribution is 2.36. The summed E-state index contributed by atoms with van der Waals surface area (Å²) in [5.41, 5.74) is 1.50. The van der Waals surface area contributed by atoms with E-state index in [2.05, 4.69) is 0 Å². The van der Waals surface area contributed by atoms with E-state index < -0.39 is 0 Å². The van der Waals surface area contributed by atoms with Crippen molar-refractivity contribution in [2.45, 2.75) is 17.9 Å². The van der Waals surface area contributed by atoms with Crippen molar-refractivity contribution in [2.75, 3.05) is 0 Å². The molecule has 0 spiro atoms. The molecular weight excluding hydrogens is 276 g/mol. The molecule has 0 amide bonds. The van der Waals surface area contributed by atoms with Crippen LogP contribution in [0.2, 0.25) is 0 Å². The number of esters is 1. The monoisotopic (exact) mass is 288 g/mol. The molecule has 2 aromatic rings. The molecule has 0 N–H and O–H groups in total. The summed E-state index contributed by atoms with van der Waals surface area (Å²) in [5, 5.41) is -0.177. The fourth-order valence-corrected chi connectivity index (χ4v) is 2.52. The fourth-order valence-electron chi connectivity index (χ4n) is 2.12. The number of hydrogen-bond donors (Lipinski definition) is 0. The molecule has 1 heterocycles. The maximum atomic E-state index is 12.0. The van der Waals surface area contributed by atoms with Gasteiger partial charge in [-0.1, -0.05) is 18.2 Å². The van der Waals surface area contributed by atoms with Crippen molar-refractivity contribution >= 4 is 23.6 Å². The van der Waals surface area contributed by atoms with Gasteiger partial charge < -0.3 is 9.15 Å². The summed E-state index contributed by atoms with van der Waals surface area (Å²) in [5.74, 6) is 0.385. The van der Waals surface area contributed by atoms with Crippen molar-refractivity contribution in [2.24, 2.45) is 0 Å². The molecule has 1 aliphatic rings. The predicted octanol–water partition coefficient (Wildman–Crippen LogP) is 3.90. The highest BCUT2D eigenvalue weighted by molar-refractivity contribution is 6.22. The van der Waals surface area contributed by atoms with Crippen LogP contribution in [0.1, 0.15) is 22.5 Å². The molecule has 0 saturated heterocycles. The first-order valence-electron chi connectivity index (χ1n) is 6.38. The lowest BCUT2D eigenvalue weighted by molar-refractivity contribution is 0.0286. The van der Waals surface area contributed by atoms with Crippen LogP contribution < -0.4 is 0 Å². The van der Waals surface area contributed by atoms with Gasteiger partial charge in [0.2, 0.25) is 0 Å². The molecule has 2 atom stereocenters. The van der Waals surface area contributed by atoms with E-state index in [1.165, 1.54) is 0 Å². The number of carbonyl (C=O) groups is 1. The van der Waals surface area contributed by atoms with Gasteiger partial charge in [0.15, 0.2) is 0 Å². The number of carbonyl (C=O) groups excluding carboxylic acids is 1. The first-order valence-corrected chi connectivity index (χ1v) is 6.82. The topological polar surface area (TPSA) is 39.4 Å². The van der Waals surface area contributed by atoms with E-state index in [0.29, 0.717) is 12.0 Å². The summed E-state index contributed by atoms with van der Waals surface area (Å²) < 4.78 is 10.7. The molecule has 0 bridgehead atoms. The van der Waals surface area contributed by atoms with Crippen molar-refractivity contribution in [1.29, 1.82) is 0 Å². The summed E-state index contributed by atoms with van der Waals surface area (Å²) in [7, 11) is 0. The predicted molar refractivity (Wildman–Crippen MR) is 76.6 cm³/mol. The van der Waals surface area contributed by atoms with Gasteiger partial charge in [0.25, 0.3) is 0 Å². The second kappa shape index (κ2) is 5.55. The van der Waals surface area contributed by atoms with E-state index in [1.807, 2.05) is 24.3 Å². The summed E-state index contributed by atoms with van der Waals surface area (Å²) >= 11 is 6.13. The van der Waals surface area contributed by atoms with Gasteiger partial charge in [0.1, 0.15) is 11.9 Å². The molecule has 4 heteroatoms. The van der Waals surface area contributed by atoms with Crippen LogP contribution in [0.25, 0.3) is 6.08 Å². The zero-order valence-electron chi connectivity index (χ0n) is 10.7. The van der Waals surface area contributed by atoms with E-state index >= 15 is 0 Å². The molecule has 0 unspecified atom stereocenters. The summed E-state index contributed by atoms with van der Waals surface area (Å²) in [4.78, 5) is 12.0. The number of halogens is 1. The maximum Gasteiger partial charge on any atom is 0.338 e. The van der Waals surface area contributed by atoms with Crippen molar-refractivity contribution in [1.82, 2.24) is 0 Å². The Hall–Kier alpha value is -2.00. The molecule has 20 heavy (non-hydrogen) atoms. The summed E-state index contributed by atoms with van der Waals surface area (Å²) in [6, 6.07) is 12.6. The maximum absolute atomic E-state index is 12.0. The van der Waals surface area contributed by atoms with Crippen LogP contribution >= 0.6 is 11.6 Å². The number of alkyl halides is 1. The molecule has 0 radical (unpaired) electrons. The van der Waals surface area contributed by atoms with Crippen molar-refractivity contribution in [3.05, 3.63) is 65.6 Å². The smallest absolute Gasteiger partial charge is 0.338 e. The van der Waals surface area contributed by atoms with Crippen molar-refractivity contribution < 1.29 is 13.9 Å². The molecule has 102 valence electrons. The summed E-state index contributed by atoms with van der Waals surface area (Å²) in [6.07, 6.45) is 3.81. The van der Waals surface area contributed by atoms with E-state index in [0.717, 1.165) is 11.3 Å². The van der Waals surface area contributed by atoms with Gasteiger partial charge >= 0.3 is 5.97 Å². The second-order valence-electron chi connectivity index (χ2n) is 4.65. The van der Waals surface area contributed by atoms with Gasteiger partial charge in [0, 0.05) is 0 Å². The average Bonchev–Trinajstić information content (AvgIpc) is 2.98. The van der Waals surface area contributed by atoms with Gasteiger partial charge in [-0.15, -0.1) is 11.6 Å². The molecule has 1 fully saturated rings. The Morgan fingerprint density at radius 2 is 2.05 bits per heavy atom. The van der Waals surface area contributed by atoms with Crippen LogP contribution in [0.4, 0.5) is 0 Å². The highest BCUT2D eigenvalue weighted by Gasteiger charge is 2.38. The van der Waals surface area contributed by atoms with Crippen molar-refractivity contribution in [3.63, 3.8) is 0 Å². The lowest BCUT2D eigenvalue weighted by atomic mass is 9.87. The second-order valence-corrected chi connectivity index (χ2v) is 5.21. The first kappa shape index (κ1) is 13.0. The zero-order chi connectivity index (χ0) is 13.9. The zero-order valence-corrected chi connectivity index (χ0v) is 11.4. The molecule has 1 aliphatic carbocycles. The number of ether oxygens (including phenoxy) is 1. The van der Waals surface area contributed by atoms with Crippen LogP contribution in [0.3, 0.4) is 0 Å². The number of benzene rings is 1. The normalized spacial score (nSPS) is 23.4. The molecule has 1 aromatic carbocycles. The Balaban J connectivity index is 1.71. The SMILES string of the molecule is O=C(O[C@H]1/C(=C/c2ccco2)C[C@@H]1Cl)c1ccccc1. The van der Waals surface area contributed by atoms with Crippen LogP contribution in [-0.4, -0.2) is 17.5 Å². The lowest BCUT2D eigenvalue weighted by Gasteiger charge is -2.34. The highest BCUT2D eigenvalue weighted by atomic mass is 35.5. The number of hydrogen-bond acceptors (Lipinski definition) is 3. The average molecular weight is 289 g/mol. The third kappa shape index (κ3) is 2.63. The molecule has 3 rings (SSSR count). The van der Waals surface area contributed by atoms with Crippen LogP contribution in [-0.2, 0) is 4.74 Å². The van der Waals surface area contributed by atoms with Gasteiger partial charge in [-0.3, -0.25) is 0 Å². The van der Waals surface area contributed by atoms with Crippen molar-refractivity contribution in [3.8, 4) is 0 Å². The molecular formula is C16H13ClO3. The third-order valence-electron chi connectivity index (χ3n) is 3.24. The lowest BCUT2D eigenvalue weighted by Crippen LogP contribution is -2.39. The molecule has 1 aromatic heterocycles. The van der Waals surface area contributed by atoms with E-state index in [4.69, 9.17) is 20.8 Å². The minimum Gasteiger partial charge on any atom is -0.465 e. The quantitative estimate of drug-likeness (QED) is 0.635. The summed E-state index contributed by atoms with van der Waals surface area (Å²) in [6.45, 7) is 0. The van der Waals surface area contributed by atoms with Crippen LogP contribution in [0, 0.1) is 0 Å². The van der Waals surface area contributed by atoms with E-state index in [1.54, 1.807) is 30.5 Å². The third-order valence-corrected chi connectivity index (χ3v) is 3.62. The minimum atomic E-state index is -0.380. The Labute approximate surface area is 121 Å². The van der Waals surface area contributed by atoms with Gasteiger partial charge in [-0.2, -0.15) is 0 Å². The Morgan fingerprint density at radius 1 is 1.25 bits per heavy atom. The van der Waals surface area contributed by atoms with Gasteiger partial charge in [0.05, 0.1) is 17.2 Å². The van der Waals surface area contributed by atoms with Gasteiger partial charge in [-0.05, 0) is 42.3 Å². The molecule has 3 nitrogen and oxygen atoms in total. The number of furan rings is 1. The van der Waals surface area contributed by atoms with Crippen LogP contribution in [0.5, 0.6) is 0 Å². The van der Waals surface area contributed by atoms with Crippen LogP contribution in [0.15, 0.2) is 58.7 Å². The largest absolute Gasteiger partial charge is 0.465 e.